The summed E-state index contributed by atoms with van der Waals surface area (Å²) in [6.45, 7) is 1.59. The van der Waals surface area contributed by atoms with Crippen LogP contribution in [0.5, 0.6) is 11.5 Å². The van der Waals surface area contributed by atoms with Gasteiger partial charge in [0.15, 0.2) is 11.5 Å². The van der Waals surface area contributed by atoms with Crippen molar-refractivity contribution in [1.82, 2.24) is 0 Å². The molecular weight excluding hydrogens is 182 g/mol. The van der Waals surface area contributed by atoms with Gasteiger partial charge in [0.1, 0.15) is 0 Å². The Kier molecular flexibility index (Phi) is 3.33. The number of rotatable bonds is 3. The first-order valence-electron chi connectivity index (χ1n) is 4.37. The van der Waals surface area contributed by atoms with E-state index in [9.17, 15) is 10.2 Å². The number of benzene rings is 1. The lowest BCUT2D eigenvalue weighted by Gasteiger charge is -2.18. The molecule has 0 unspecified atom stereocenters. The lowest BCUT2D eigenvalue weighted by Crippen LogP contribution is -2.23. The highest BCUT2D eigenvalue weighted by atomic mass is 16.5. The van der Waals surface area contributed by atoms with Crippen LogP contribution in [0.4, 0.5) is 0 Å². The van der Waals surface area contributed by atoms with Gasteiger partial charge in [-0.25, -0.2) is 0 Å². The minimum Gasteiger partial charge on any atom is -0.504 e. The van der Waals surface area contributed by atoms with Crippen molar-refractivity contribution in [2.45, 2.75) is 19.1 Å². The number of hydrogen-bond donors (Lipinski definition) is 3. The molecule has 0 spiro atoms. The molecule has 0 aromatic heterocycles. The zero-order valence-corrected chi connectivity index (χ0v) is 8.27. The summed E-state index contributed by atoms with van der Waals surface area (Å²) in [5.41, 5.74) is 6.34. The van der Waals surface area contributed by atoms with E-state index < -0.39 is 12.1 Å². The molecule has 2 atom stereocenters. The summed E-state index contributed by atoms with van der Waals surface area (Å²) in [6, 6.07) is 4.33. The van der Waals surface area contributed by atoms with Gasteiger partial charge in [-0.15, -0.1) is 0 Å². The number of phenolic OH excluding ortho intramolecular Hbond substituents is 1. The molecule has 0 heterocycles. The molecule has 0 saturated heterocycles. The summed E-state index contributed by atoms with van der Waals surface area (Å²) in [6.07, 6.45) is -0.689. The maximum atomic E-state index is 9.46. The number of phenols is 1. The first-order valence-corrected chi connectivity index (χ1v) is 4.37. The third-order valence-electron chi connectivity index (χ3n) is 2.11. The predicted molar refractivity (Wildman–Crippen MR) is 53.3 cm³/mol. The molecule has 1 aromatic carbocycles. The number of aliphatic hydroxyl groups is 1. The zero-order chi connectivity index (χ0) is 10.7. The van der Waals surface area contributed by atoms with E-state index in [2.05, 4.69) is 0 Å². The normalized spacial score (nSPS) is 14.9. The SMILES string of the molecule is COc1c(O)cccc1[C@H](N)[C@@H](C)O. The number of nitrogens with two attached hydrogens (primary N) is 1. The van der Waals surface area contributed by atoms with Crippen molar-refractivity contribution < 1.29 is 14.9 Å². The standard InChI is InChI=1S/C10H15NO3/c1-6(12)9(11)7-4-3-5-8(13)10(7)14-2/h3-6,9,12-13H,11H2,1-2H3/t6-,9-/m1/s1. The van der Waals surface area contributed by atoms with Crippen LogP contribution < -0.4 is 10.5 Å². The molecule has 14 heavy (non-hydrogen) atoms. The molecule has 1 rings (SSSR count). The Bertz CT molecular complexity index is 312. The molecule has 78 valence electrons. The first-order chi connectivity index (χ1) is 6.57. The second-order valence-electron chi connectivity index (χ2n) is 3.17. The highest BCUT2D eigenvalue weighted by molar-refractivity contribution is 5.47. The van der Waals surface area contributed by atoms with Crippen LogP contribution in [0.1, 0.15) is 18.5 Å². The molecule has 4 N–H and O–H groups in total. The Morgan fingerprint density at radius 3 is 2.57 bits per heavy atom. The smallest absolute Gasteiger partial charge is 0.165 e. The molecule has 0 amide bonds. The van der Waals surface area contributed by atoms with Crippen LogP contribution in [0.3, 0.4) is 0 Å². The summed E-state index contributed by atoms with van der Waals surface area (Å²) in [7, 11) is 1.45. The Morgan fingerprint density at radius 1 is 1.43 bits per heavy atom. The van der Waals surface area contributed by atoms with Crippen molar-refractivity contribution in [3.8, 4) is 11.5 Å². The van der Waals surface area contributed by atoms with Gasteiger partial charge in [-0.1, -0.05) is 12.1 Å². The van der Waals surface area contributed by atoms with E-state index in [0.29, 0.717) is 11.3 Å². The highest BCUT2D eigenvalue weighted by Gasteiger charge is 2.18. The Morgan fingerprint density at radius 2 is 2.07 bits per heavy atom. The van der Waals surface area contributed by atoms with Gasteiger partial charge >= 0.3 is 0 Å². The minimum atomic E-state index is -0.689. The second kappa shape index (κ2) is 4.30. The molecule has 0 saturated carbocycles. The maximum absolute atomic E-state index is 9.46. The molecule has 0 aliphatic rings. The van der Waals surface area contributed by atoms with E-state index in [1.807, 2.05) is 0 Å². The van der Waals surface area contributed by atoms with Crippen LogP contribution in [-0.4, -0.2) is 23.4 Å². The molecular formula is C10H15NO3. The van der Waals surface area contributed by atoms with E-state index in [1.54, 1.807) is 19.1 Å². The highest BCUT2D eigenvalue weighted by Crippen LogP contribution is 2.33. The van der Waals surface area contributed by atoms with Crippen molar-refractivity contribution in [1.29, 1.82) is 0 Å². The van der Waals surface area contributed by atoms with Crippen LogP contribution in [-0.2, 0) is 0 Å². The summed E-state index contributed by atoms with van der Waals surface area (Å²) in [5, 5.41) is 18.8. The first kappa shape index (κ1) is 10.8. The second-order valence-corrected chi connectivity index (χ2v) is 3.17. The van der Waals surface area contributed by atoms with Crippen molar-refractivity contribution in [2.75, 3.05) is 7.11 Å². The topological polar surface area (TPSA) is 75.7 Å². The van der Waals surface area contributed by atoms with E-state index in [1.165, 1.54) is 13.2 Å². The number of aromatic hydroxyl groups is 1. The van der Waals surface area contributed by atoms with Gasteiger partial charge in [-0.2, -0.15) is 0 Å². The minimum absolute atomic E-state index is 0.0288. The van der Waals surface area contributed by atoms with Gasteiger partial charge in [-0.3, -0.25) is 0 Å². The molecule has 1 aromatic rings. The van der Waals surface area contributed by atoms with E-state index in [-0.39, 0.29) is 5.75 Å². The van der Waals surface area contributed by atoms with Gasteiger partial charge in [0.25, 0.3) is 0 Å². The third-order valence-corrected chi connectivity index (χ3v) is 2.11. The largest absolute Gasteiger partial charge is 0.504 e. The van der Waals surface area contributed by atoms with Crippen molar-refractivity contribution in [3.05, 3.63) is 23.8 Å². The average molecular weight is 197 g/mol. The quantitative estimate of drug-likeness (QED) is 0.669. The molecule has 0 aliphatic carbocycles. The van der Waals surface area contributed by atoms with E-state index in [0.717, 1.165) is 0 Å². The average Bonchev–Trinajstić information content (AvgIpc) is 2.16. The van der Waals surface area contributed by atoms with Crippen LogP contribution in [0.15, 0.2) is 18.2 Å². The number of hydrogen-bond acceptors (Lipinski definition) is 4. The summed E-state index contributed by atoms with van der Waals surface area (Å²) in [4.78, 5) is 0. The van der Waals surface area contributed by atoms with Crippen molar-refractivity contribution >= 4 is 0 Å². The van der Waals surface area contributed by atoms with Gasteiger partial charge in [0, 0.05) is 5.56 Å². The van der Waals surface area contributed by atoms with Gasteiger partial charge in [0.2, 0.25) is 0 Å². The third kappa shape index (κ3) is 1.97. The van der Waals surface area contributed by atoms with Crippen molar-refractivity contribution in [3.63, 3.8) is 0 Å². The number of para-hydroxylation sites is 1. The van der Waals surface area contributed by atoms with E-state index >= 15 is 0 Å². The number of methoxy groups -OCH3 is 1. The Balaban J connectivity index is 3.13. The Labute approximate surface area is 82.9 Å². The zero-order valence-electron chi connectivity index (χ0n) is 8.27. The lowest BCUT2D eigenvalue weighted by atomic mass is 10.0. The number of ether oxygens (including phenoxy) is 1. The summed E-state index contributed by atoms with van der Waals surface area (Å²) < 4.78 is 5.01. The van der Waals surface area contributed by atoms with Crippen LogP contribution in [0.2, 0.25) is 0 Å². The molecule has 0 radical (unpaired) electrons. The molecule has 4 heteroatoms. The lowest BCUT2D eigenvalue weighted by molar-refractivity contribution is 0.162. The fourth-order valence-electron chi connectivity index (χ4n) is 1.29. The van der Waals surface area contributed by atoms with Gasteiger partial charge in [-0.05, 0) is 13.0 Å². The maximum Gasteiger partial charge on any atom is 0.165 e. The van der Waals surface area contributed by atoms with E-state index in [4.69, 9.17) is 10.5 Å². The fraction of sp³-hybridized carbons (Fsp3) is 0.400. The van der Waals surface area contributed by atoms with Crippen LogP contribution in [0, 0.1) is 0 Å². The molecule has 0 aliphatic heterocycles. The summed E-state index contributed by atoms with van der Waals surface area (Å²) in [5.74, 6) is 0.349. The van der Waals surface area contributed by atoms with Gasteiger partial charge < -0.3 is 20.7 Å². The molecule has 4 nitrogen and oxygen atoms in total. The fourth-order valence-corrected chi connectivity index (χ4v) is 1.29. The predicted octanol–water partition coefficient (Wildman–Crippen LogP) is 0.781. The molecule has 0 bridgehead atoms. The van der Waals surface area contributed by atoms with Crippen molar-refractivity contribution in [2.24, 2.45) is 5.73 Å². The Hall–Kier alpha value is -1.26. The van der Waals surface area contributed by atoms with Crippen LogP contribution in [0.25, 0.3) is 0 Å². The van der Waals surface area contributed by atoms with Gasteiger partial charge in [0.05, 0.1) is 19.3 Å². The monoisotopic (exact) mass is 197 g/mol. The molecule has 0 fully saturated rings. The summed E-state index contributed by atoms with van der Waals surface area (Å²) >= 11 is 0. The van der Waals surface area contributed by atoms with Crippen LogP contribution >= 0.6 is 0 Å². The number of aliphatic hydroxyl groups excluding tert-OH is 1.